The molecular formula is C18H17N5O3. The second-order valence-electron chi connectivity index (χ2n) is 5.41. The lowest BCUT2D eigenvalue weighted by atomic mass is 10.2. The third kappa shape index (κ3) is 4.17. The van der Waals surface area contributed by atoms with E-state index in [1.807, 2.05) is 18.2 Å². The molecule has 8 heteroatoms. The molecule has 0 spiro atoms. The number of carboxylic acid groups (broad SMARTS) is 1. The molecule has 0 aromatic carbocycles. The lowest BCUT2D eigenvalue weighted by Gasteiger charge is -2.17. The molecule has 26 heavy (non-hydrogen) atoms. The highest BCUT2D eigenvalue weighted by molar-refractivity contribution is 5.88. The second-order valence-corrected chi connectivity index (χ2v) is 5.41. The van der Waals surface area contributed by atoms with Gasteiger partial charge in [0.05, 0.1) is 35.3 Å². The van der Waals surface area contributed by atoms with Gasteiger partial charge < -0.3 is 15.2 Å². The van der Waals surface area contributed by atoms with Crippen molar-refractivity contribution in [3.05, 3.63) is 66.2 Å². The maximum Gasteiger partial charge on any atom is 0.335 e. The van der Waals surface area contributed by atoms with E-state index in [9.17, 15) is 4.79 Å². The van der Waals surface area contributed by atoms with Crippen LogP contribution in [-0.4, -0.2) is 44.7 Å². The van der Waals surface area contributed by atoms with Crippen LogP contribution < -0.4 is 5.32 Å². The highest BCUT2D eigenvalue weighted by atomic mass is 16.5. The molecule has 1 atom stereocenters. The number of aromatic nitrogens is 4. The van der Waals surface area contributed by atoms with Gasteiger partial charge >= 0.3 is 5.97 Å². The van der Waals surface area contributed by atoms with E-state index >= 15 is 0 Å². The number of nitrogens with one attached hydrogen (secondary N) is 1. The molecule has 0 radical (unpaired) electrons. The first kappa shape index (κ1) is 17.4. The first-order chi connectivity index (χ1) is 12.7. The normalized spacial score (nSPS) is 11.7. The van der Waals surface area contributed by atoms with Crippen LogP contribution >= 0.6 is 0 Å². The maximum absolute atomic E-state index is 11.1. The van der Waals surface area contributed by atoms with E-state index in [-0.39, 0.29) is 11.6 Å². The van der Waals surface area contributed by atoms with E-state index in [2.05, 4.69) is 25.3 Å². The molecule has 0 bridgehead atoms. The van der Waals surface area contributed by atoms with Gasteiger partial charge in [-0.25, -0.2) is 14.8 Å². The fraction of sp³-hybridized carbons (Fsp3) is 0.167. The number of aromatic carboxylic acids is 1. The van der Waals surface area contributed by atoms with Crippen molar-refractivity contribution in [2.45, 2.75) is 6.04 Å². The predicted octanol–water partition coefficient (Wildman–Crippen LogP) is 2.43. The van der Waals surface area contributed by atoms with Crippen LogP contribution in [0.2, 0.25) is 0 Å². The predicted molar refractivity (Wildman–Crippen MR) is 94.7 cm³/mol. The van der Waals surface area contributed by atoms with Gasteiger partial charge in [0.25, 0.3) is 0 Å². The van der Waals surface area contributed by atoms with Crippen molar-refractivity contribution < 1.29 is 14.6 Å². The summed E-state index contributed by atoms with van der Waals surface area (Å²) in [4.78, 5) is 28.3. The summed E-state index contributed by atoms with van der Waals surface area (Å²) >= 11 is 0. The van der Waals surface area contributed by atoms with Gasteiger partial charge in [-0.2, -0.15) is 0 Å². The topological polar surface area (TPSA) is 110 Å². The molecule has 0 amide bonds. The van der Waals surface area contributed by atoms with Gasteiger partial charge in [-0.1, -0.05) is 6.07 Å². The fourth-order valence-corrected chi connectivity index (χ4v) is 2.38. The average Bonchev–Trinajstić information content (AvgIpc) is 2.69. The van der Waals surface area contributed by atoms with Crippen LogP contribution in [0, 0.1) is 0 Å². The zero-order valence-corrected chi connectivity index (χ0v) is 14.0. The number of ether oxygens (including phenoxy) is 1. The molecule has 3 aromatic rings. The Kier molecular flexibility index (Phi) is 5.45. The quantitative estimate of drug-likeness (QED) is 0.668. The summed E-state index contributed by atoms with van der Waals surface area (Å²) in [7, 11) is 1.61. The molecule has 3 heterocycles. The summed E-state index contributed by atoms with van der Waals surface area (Å²) in [5.74, 6) is -0.644. The van der Waals surface area contributed by atoms with Crippen molar-refractivity contribution in [1.29, 1.82) is 0 Å². The Morgan fingerprint density at radius 1 is 1.12 bits per heavy atom. The summed E-state index contributed by atoms with van der Waals surface area (Å²) < 4.78 is 5.25. The maximum atomic E-state index is 11.1. The monoisotopic (exact) mass is 351 g/mol. The number of methoxy groups -OCH3 is 1. The summed E-state index contributed by atoms with van der Waals surface area (Å²) in [6, 6.07) is 9.97. The van der Waals surface area contributed by atoms with Gasteiger partial charge in [0.15, 0.2) is 0 Å². The van der Waals surface area contributed by atoms with E-state index in [1.165, 1.54) is 18.3 Å². The van der Waals surface area contributed by atoms with Crippen molar-refractivity contribution in [3.63, 3.8) is 0 Å². The van der Waals surface area contributed by atoms with Gasteiger partial charge in [0.1, 0.15) is 0 Å². The minimum absolute atomic E-state index is 0.147. The van der Waals surface area contributed by atoms with Crippen molar-refractivity contribution in [1.82, 2.24) is 19.9 Å². The number of pyridine rings is 2. The summed E-state index contributed by atoms with van der Waals surface area (Å²) in [5.41, 5.74) is 1.92. The van der Waals surface area contributed by atoms with Crippen LogP contribution in [0.25, 0.3) is 11.4 Å². The zero-order valence-electron chi connectivity index (χ0n) is 14.0. The Bertz CT molecular complexity index is 889. The third-order valence-electron chi connectivity index (χ3n) is 3.61. The second kappa shape index (κ2) is 8.13. The molecule has 0 aliphatic carbocycles. The van der Waals surface area contributed by atoms with Gasteiger partial charge in [0.2, 0.25) is 5.95 Å². The minimum Gasteiger partial charge on any atom is -0.478 e. The molecule has 0 saturated heterocycles. The molecule has 3 aromatic heterocycles. The van der Waals surface area contributed by atoms with Crippen LogP contribution in [0.4, 0.5) is 5.95 Å². The Labute approximate surface area is 150 Å². The summed E-state index contributed by atoms with van der Waals surface area (Å²) in [6.07, 6.45) is 4.73. The Morgan fingerprint density at radius 3 is 2.69 bits per heavy atom. The van der Waals surface area contributed by atoms with Gasteiger partial charge in [-0.15, -0.1) is 0 Å². The largest absolute Gasteiger partial charge is 0.478 e. The van der Waals surface area contributed by atoms with Crippen LogP contribution in [0.15, 0.2) is 55.0 Å². The number of hydrogen-bond donors (Lipinski definition) is 2. The first-order valence-corrected chi connectivity index (χ1v) is 7.86. The van der Waals surface area contributed by atoms with E-state index in [4.69, 9.17) is 9.84 Å². The van der Waals surface area contributed by atoms with Gasteiger partial charge in [-0.05, 0) is 30.3 Å². The van der Waals surface area contributed by atoms with E-state index in [0.717, 1.165) is 5.69 Å². The fourth-order valence-electron chi connectivity index (χ4n) is 2.38. The lowest BCUT2D eigenvalue weighted by molar-refractivity contribution is 0.0697. The Morgan fingerprint density at radius 2 is 1.96 bits per heavy atom. The average molecular weight is 351 g/mol. The number of nitrogens with zero attached hydrogens (tertiary/aromatic N) is 4. The van der Waals surface area contributed by atoms with Crippen LogP contribution in [0.1, 0.15) is 22.1 Å². The number of carbonyl (C=O) groups is 1. The molecule has 0 aliphatic rings. The van der Waals surface area contributed by atoms with Gasteiger partial charge in [-0.3, -0.25) is 9.97 Å². The Balaban J connectivity index is 1.87. The SMILES string of the molecule is COC[C@@H](Nc1nccc(-c2cc(C(=O)O)ccn2)n1)c1ccccn1. The first-order valence-electron chi connectivity index (χ1n) is 7.86. The standard InChI is InChI=1S/C18H17N5O3/c1-26-11-16(13-4-2-3-7-19-13)23-18-21-9-6-14(22-18)15-10-12(17(24)25)5-8-20-15/h2-10,16H,11H2,1H3,(H,24,25)(H,21,22,23)/t16-/m1/s1. The van der Waals surface area contributed by atoms with E-state index < -0.39 is 5.97 Å². The molecule has 8 nitrogen and oxygen atoms in total. The number of anilines is 1. The Hall–Kier alpha value is -3.39. The van der Waals surface area contributed by atoms with Crippen molar-refractivity contribution >= 4 is 11.9 Å². The van der Waals surface area contributed by atoms with Crippen molar-refractivity contribution in [2.24, 2.45) is 0 Å². The highest BCUT2D eigenvalue weighted by Gasteiger charge is 2.15. The number of carboxylic acids is 1. The lowest BCUT2D eigenvalue weighted by Crippen LogP contribution is -2.19. The molecule has 132 valence electrons. The molecule has 0 saturated carbocycles. The summed E-state index contributed by atoms with van der Waals surface area (Å²) in [6.45, 7) is 0.386. The molecular weight excluding hydrogens is 334 g/mol. The number of rotatable bonds is 7. The zero-order chi connectivity index (χ0) is 18.4. The highest BCUT2D eigenvalue weighted by Crippen LogP contribution is 2.19. The molecule has 0 fully saturated rings. The van der Waals surface area contributed by atoms with Crippen molar-refractivity contribution in [2.75, 3.05) is 19.0 Å². The van der Waals surface area contributed by atoms with Crippen LogP contribution in [-0.2, 0) is 4.74 Å². The van der Waals surface area contributed by atoms with Crippen molar-refractivity contribution in [3.8, 4) is 11.4 Å². The molecule has 0 aliphatic heterocycles. The number of hydrogen-bond acceptors (Lipinski definition) is 7. The molecule has 0 unspecified atom stereocenters. The van der Waals surface area contributed by atoms with E-state index in [0.29, 0.717) is 23.9 Å². The third-order valence-corrected chi connectivity index (χ3v) is 3.61. The van der Waals surface area contributed by atoms with E-state index in [1.54, 1.807) is 25.6 Å². The van der Waals surface area contributed by atoms with Gasteiger partial charge in [0, 0.05) is 25.7 Å². The van der Waals surface area contributed by atoms with Crippen LogP contribution in [0.5, 0.6) is 0 Å². The smallest absolute Gasteiger partial charge is 0.335 e. The van der Waals surface area contributed by atoms with Crippen LogP contribution in [0.3, 0.4) is 0 Å². The summed E-state index contributed by atoms with van der Waals surface area (Å²) in [5, 5.41) is 12.3. The molecule has 3 rings (SSSR count). The minimum atomic E-state index is -1.02. The molecule has 2 N–H and O–H groups in total.